The molecule has 0 atom stereocenters. The summed E-state index contributed by atoms with van der Waals surface area (Å²) < 4.78 is 37.4. The summed E-state index contributed by atoms with van der Waals surface area (Å²) in [5.41, 5.74) is -1.01. The Labute approximate surface area is 109 Å². The van der Waals surface area contributed by atoms with E-state index in [2.05, 4.69) is 5.32 Å². The number of nitriles is 1. The smallest absolute Gasteiger partial charge is 0.325 e. The Morgan fingerprint density at radius 3 is 2.53 bits per heavy atom. The molecule has 1 aromatic carbocycles. The van der Waals surface area contributed by atoms with Crippen molar-refractivity contribution in [3.63, 3.8) is 0 Å². The van der Waals surface area contributed by atoms with Gasteiger partial charge in [-0.3, -0.25) is 4.79 Å². The Kier molecular flexibility index (Phi) is 4.54. The Morgan fingerprint density at radius 1 is 1.42 bits per heavy atom. The first-order chi connectivity index (χ1) is 8.74. The molecule has 102 valence electrons. The highest BCUT2D eigenvalue weighted by Gasteiger charge is 2.31. The van der Waals surface area contributed by atoms with Gasteiger partial charge in [0.05, 0.1) is 16.8 Å². The molecule has 0 saturated heterocycles. The largest absolute Gasteiger partial charge is 0.416 e. The molecule has 0 unspecified atom stereocenters. The molecule has 0 radical (unpaired) electrons. The van der Waals surface area contributed by atoms with Gasteiger partial charge in [-0.2, -0.15) is 18.4 Å². The van der Waals surface area contributed by atoms with Crippen LogP contribution in [0.4, 0.5) is 18.9 Å². The molecule has 0 aromatic heterocycles. The molecule has 0 heterocycles. The van der Waals surface area contributed by atoms with Crippen molar-refractivity contribution in [2.45, 2.75) is 26.4 Å². The van der Waals surface area contributed by atoms with Crippen LogP contribution < -0.4 is 5.32 Å². The summed E-state index contributed by atoms with van der Waals surface area (Å²) in [7, 11) is 0. The lowest BCUT2D eigenvalue weighted by Gasteiger charge is -2.11. The molecule has 1 rings (SSSR count). The molecule has 1 amide bonds. The van der Waals surface area contributed by atoms with E-state index in [1.807, 2.05) is 13.8 Å². The molecule has 6 heteroatoms. The van der Waals surface area contributed by atoms with E-state index < -0.39 is 11.7 Å². The average Bonchev–Trinajstić information content (AvgIpc) is 2.26. The monoisotopic (exact) mass is 270 g/mol. The van der Waals surface area contributed by atoms with Crippen LogP contribution in [0.3, 0.4) is 0 Å². The van der Waals surface area contributed by atoms with Gasteiger partial charge in [0.25, 0.3) is 0 Å². The van der Waals surface area contributed by atoms with Gasteiger partial charge in [-0.05, 0) is 24.1 Å². The maximum absolute atomic E-state index is 12.5. The first-order valence-corrected chi connectivity index (χ1v) is 5.65. The maximum Gasteiger partial charge on any atom is 0.416 e. The second-order valence-corrected chi connectivity index (χ2v) is 4.52. The van der Waals surface area contributed by atoms with Crippen LogP contribution in [0.2, 0.25) is 0 Å². The van der Waals surface area contributed by atoms with E-state index in [9.17, 15) is 18.0 Å². The highest BCUT2D eigenvalue weighted by atomic mass is 19.4. The predicted molar refractivity (Wildman–Crippen MR) is 64.2 cm³/mol. The first kappa shape index (κ1) is 15.0. The molecular formula is C13H13F3N2O. The van der Waals surface area contributed by atoms with Crippen LogP contribution in [-0.2, 0) is 11.0 Å². The van der Waals surface area contributed by atoms with Gasteiger partial charge >= 0.3 is 6.18 Å². The molecule has 19 heavy (non-hydrogen) atoms. The number of hydrogen-bond acceptors (Lipinski definition) is 2. The van der Waals surface area contributed by atoms with Gasteiger partial charge in [0.1, 0.15) is 6.07 Å². The molecule has 1 aromatic rings. The van der Waals surface area contributed by atoms with E-state index in [4.69, 9.17) is 5.26 Å². The summed E-state index contributed by atoms with van der Waals surface area (Å²) in [6.07, 6.45) is -4.27. The summed E-state index contributed by atoms with van der Waals surface area (Å²) in [5, 5.41) is 11.3. The van der Waals surface area contributed by atoms with E-state index in [0.29, 0.717) is 0 Å². The minimum Gasteiger partial charge on any atom is -0.325 e. The predicted octanol–water partition coefficient (Wildman–Crippen LogP) is 3.56. The molecule has 0 aliphatic heterocycles. The standard InChI is InChI=1S/C13H13F3N2O/c1-8(2)5-12(19)18-11-4-3-10(13(14,15)16)6-9(11)7-17/h3-4,6,8H,5H2,1-2H3,(H,18,19). The van der Waals surface area contributed by atoms with Gasteiger partial charge in [0.15, 0.2) is 0 Å². The van der Waals surface area contributed by atoms with Gasteiger partial charge in [-0.25, -0.2) is 0 Å². The fraction of sp³-hybridized carbons (Fsp3) is 0.385. The summed E-state index contributed by atoms with van der Waals surface area (Å²) in [5.74, 6) is -0.203. The van der Waals surface area contributed by atoms with Crippen molar-refractivity contribution in [2.75, 3.05) is 5.32 Å². The lowest BCUT2D eigenvalue weighted by atomic mass is 10.1. The Morgan fingerprint density at radius 2 is 2.05 bits per heavy atom. The highest BCUT2D eigenvalue weighted by molar-refractivity contribution is 5.92. The number of carbonyl (C=O) groups excluding carboxylic acids is 1. The molecule has 0 spiro atoms. The number of hydrogen-bond donors (Lipinski definition) is 1. The van der Waals surface area contributed by atoms with Crippen molar-refractivity contribution in [3.8, 4) is 6.07 Å². The van der Waals surface area contributed by atoms with Crippen molar-refractivity contribution in [3.05, 3.63) is 29.3 Å². The summed E-state index contributed by atoms with van der Waals surface area (Å²) >= 11 is 0. The van der Waals surface area contributed by atoms with E-state index >= 15 is 0 Å². The number of benzene rings is 1. The molecule has 1 N–H and O–H groups in total. The SMILES string of the molecule is CC(C)CC(=O)Nc1ccc(C(F)(F)F)cc1C#N. The number of halogens is 3. The second kappa shape index (κ2) is 5.74. The second-order valence-electron chi connectivity index (χ2n) is 4.52. The quantitative estimate of drug-likeness (QED) is 0.913. The molecule has 0 aliphatic carbocycles. The molecule has 3 nitrogen and oxygen atoms in total. The van der Waals surface area contributed by atoms with Crippen molar-refractivity contribution >= 4 is 11.6 Å². The van der Waals surface area contributed by atoms with Crippen LogP contribution >= 0.6 is 0 Å². The lowest BCUT2D eigenvalue weighted by molar-refractivity contribution is -0.137. The third-order valence-corrected chi connectivity index (χ3v) is 2.34. The number of nitrogens with one attached hydrogen (secondary N) is 1. The number of rotatable bonds is 3. The van der Waals surface area contributed by atoms with Crippen molar-refractivity contribution in [1.82, 2.24) is 0 Å². The topological polar surface area (TPSA) is 52.9 Å². The average molecular weight is 270 g/mol. The van der Waals surface area contributed by atoms with Crippen LogP contribution in [-0.4, -0.2) is 5.91 Å². The van der Waals surface area contributed by atoms with Crippen LogP contribution in [0.15, 0.2) is 18.2 Å². The number of nitrogens with zero attached hydrogens (tertiary/aromatic N) is 1. The highest BCUT2D eigenvalue weighted by Crippen LogP contribution is 2.31. The zero-order valence-electron chi connectivity index (χ0n) is 10.5. The number of amides is 1. The number of anilines is 1. The van der Waals surface area contributed by atoms with Crippen LogP contribution in [0.1, 0.15) is 31.4 Å². The van der Waals surface area contributed by atoms with Gasteiger partial charge in [-0.15, -0.1) is 0 Å². The Balaban J connectivity index is 2.98. The third kappa shape index (κ3) is 4.28. The molecule has 0 bridgehead atoms. The van der Waals surface area contributed by atoms with E-state index in [-0.39, 0.29) is 29.5 Å². The third-order valence-electron chi connectivity index (χ3n) is 2.34. The van der Waals surface area contributed by atoms with Gasteiger partial charge in [0.2, 0.25) is 5.91 Å². The normalized spacial score (nSPS) is 11.2. The fourth-order valence-electron chi connectivity index (χ4n) is 1.49. The van der Waals surface area contributed by atoms with E-state index in [1.54, 1.807) is 6.07 Å². The van der Waals surface area contributed by atoms with E-state index in [1.165, 1.54) is 0 Å². The molecule has 0 saturated carbocycles. The number of carbonyl (C=O) groups is 1. The van der Waals surface area contributed by atoms with Gasteiger partial charge in [0, 0.05) is 6.42 Å². The minimum atomic E-state index is -4.51. The van der Waals surface area contributed by atoms with Crippen LogP contribution in [0.5, 0.6) is 0 Å². The van der Waals surface area contributed by atoms with Crippen LogP contribution in [0.25, 0.3) is 0 Å². The minimum absolute atomic E-state index is 0.0983. The van der Waals surface area contributed by atoms with Crippen molar-refractivity contribution in [2.24, 2.45) is 5.92 Å². The molecule has 0 fully saturated rings. The fourth-order valence-corrected chi connectivity index (χ4v) is 1.49. The van der Waals surface area contributed by atoms with Gasteiger partial charge < -0.3 is 5.32 Å². The van der Waals surface area contributed by atoms with Gasteiger partial charge in [-0.1, -0.05) is 13.8 Å². The number of alkyl halides is 3. The first-order valence-electron chi connectivity index (χ1n) is 5.65. The lowest BCUT2D eigenvalue weighted by Crippen LogP contribution is -2.15. The Bertz CT molecular complexity index is 516. The van der Waals surface area contributed by atoms with Crippen molar-refractivity contribution < 1.29 is 18.0 Å². The zero-order chi connectivity index (χ0) is 14.6. The van der Waals surface area contributed by atoms with Crippen molar-refractivity contribution in [1.29, 1.82) is 5.26 Å². The van der Waals surface area contributed by atoms with Crippen LogP contribution in [0, 0.1) is 17.2 Å². The maximum atomic E-state index is 12.5. The summed E-state index contributed by atoms with van der Waals surface area (Å²) in [6, 6.07) is 4.32. The zero-order valence-corrected chi connectivity index (χ0v) is 10.5. The summed E-state index contributed by atoms with van der Waals surface area (Å²) in [4.78, 5) is 11.5. The molecular weight excluding hydrogens is 257 g/mol. The Hall–Kier alpha value is -2.03. The molecule has 0 aliphatic rings. The summed E-state index contributed by atoms with van der Waals surface area (Å²) in [6.45, 7) is 3.69. The van der Waals surface area contributed by atoms with E-state index in [0.717, 1.165) is 18.2 Å².